The molecule has 0 aliphatic carbocycles. The summed E-state index contributed by atoms with van der Waals surface area (Å²) in [5.74, 6) is -0.0917. The second-order valence-electron chi connectivity index (χ2n) is 10.1. The highest BCUT2D eigenvalue weighted by Crippen LogP contribution is 2.39. The second-order valence-corrected chi connectivity index (χ2v) is 10.1. The normalized spacial score (nSPS) is 16.6. The van der Waals surface area contributed by atoms with Crippen molar-refractivity contribution in [1.29, 1.82) is 0 Å². The van der Waals surface area contributed by atoms with Crippen molar-refractivity contribution in [3.05, 3.63) is 102 Å². The molecule has 5 rings (SSSR count). The number of likely N-dealkylation sites (tertiary alicyclic amines) is 1. The second kappa shape index (κ2) is 11.5. The summed E-state index contributed by atoms with van der Waals surface area (Å²) in [5.41, 5.74) is 2.37. The zero-order valence-corrected chi connectivity index (χ0v) is 21.6. The SMILES string of the molecule is O=C(CN1CN(c2ccccc2)C2(CCN(C(=O)CCc3ccccc3)CC2)C1=O)NCc1ccccc1. The number of rotatable bonds is 8. The van der Waals surface area contributed by atoms with E-state index >= 15 is 0 Å². The first-order valence-electron chi connectivity index (χ1n) is 13.3. The molecule has 1 spiro atoms. The van der Waals surface area contributed by atoms with Gasteiger partial charge in [-0.15, -0.1) is 0 Å². The summed E-state index contributed by atoms with van der Waals surface area (Å²) in [7, 11) is 0. The molecule has 7 nitrogen and oxygen atoms in total. The maximum atomic E-state index is 13.9. The smallest absolute Gasteiger partial charge is 0.250 e. The number of hydrogen-bond donors (Lipinski definition) is 1. The highest BCUT2D eigenvalue weighted by atomic mass is 16.2. The van der Waals surface area contributed by atoms with Crippen LogP contribution >= 0.6 is 0 Å². The third-order valence-electron chi connectivity index (χ3n) is 7.66. The molecule has 3 amide bonds. The zero-order chi connectivity index (χ0) is 26.4. The van der Waals surface area contributed by atoms with Gasteiger partial charge in [0.2, 0.25) is 11.8 Å². The van der Waals surface area contributed by atoms with Crippen LogP contribution in [0.15, 0.2) is 91.0 Å². The van der Waals surface area contributed by atoms with Crippen molar-refractivity contribution in [2.75, 3.05) is 31.2 Å². The molecule has 196 valence electrons. The lowest BCUT2D eigenvalue weighted by Gasteiger charge is -2.43. The summed E-state index contributed by atoms with van der Waals surface area (Å²) in [6.45, 7) is 1.84. The number of benzene rings is 3. The van der Waals surface area contributed by atoms with Gasteiger partial charge in [-0.2, -0.15) is 0 Å². The van der Waals surface area contributed by atoms with Crippen LogP contribution in [-0.2, 0) is 27.3 Å². The lowest BCUT2D eigenvalue weighted by atomic mass is 9.85. The highest BCUT2D eigenvalue weighted by molar-refractivity contribution is 5.96. The number of piperidine rings is 1. The van der Waals surface area contributed by atoms with E-state index < -0.39 is 5.54 Å². The Hall–Kier alpha value is -4.13. The maximum absolute atomic E-state index is 13.9. The van der Waals surface area contributed by atoms with Crippen molar-refractivity contribution in [3.8, 4) is 0 Å². The van der Waals surface area contributed by atoms with E-state index in [2.05, 4.69) is 10.2 Å². The minimum atomic E-state index is -0.753. The molecular weight excluding hydrogens is 476 g/mol. The Labute approximate surface area is 224 Å². The third kappa shape index (κ3) is 5.57. The van der Waals surface area contributed by atoms with Crippen molar-refractivity contribution in [2.24, 2.45) is 0 Å². The minimum absolute atomic E-state index is 0.0104. The highest BCUT2D eigenvalue weighted by Gasteiger charge is 2.54. The Balaban J connectivity index is 1.24. The first-order valence-corrected chi connectivity index (χ1v) is 13.3. The molecule has 0 unspecified atom stereocenters. The summed E-state index contributed by atoms with van der Waals surface area (Å²) < 4.78 is 0. The van der Waals surface area contributed by atoms with Crippen LogP contribution in [0.25, 0.3) is 0 Å². The van der Waals surface area contributed by atoms with Crippen molar-refractivity contribution in [3.63, 3.8) is 0 Å². The molecule has 2 fully saturated rings. The number of carbonyl (C=O) groups is 3. The van der Waals surface area contributed by atoms with E-state index in [1.54, 1.807) is 4.90 Å². The molecule has 0 aromatic heterocycles. The van der Waals surface area contributed by atoms with E-state index in [1.165, 1.54) is 0 Å². The van der Waals surface area contributed by atoms with E-state index in [0.717, 1.165) is 16.8 Å². The summed E-state index contributed by atoms with van der Waals surface area (Å²) in [6, 6.07) is 29.7. The third-order valence-corrected chi connectivity index (χ3v) is 7.66. The molecule has 2 aliphatic heterocycles. The zero-order valence-electron chi connectivity index (χ0n) is 21.6. The molecule has 38 heavy (non-hydrogen) atoms. The van der Waals surface area contributed by atoms with Crippen LogP contribution in [0.2, 0.25) is 0 Å². The molecule has 7 heteroatoms. The molecular formula is C31H34N4O3. The van der Waals surface area contributed by atoms with E-state index in [0.29, 0.717) is 52.0 Å². The van der Waals surface area contributed by atoms with Gasteiger partial charge in [-0.25, -0.2) is 0 Å². The molecule has 0 atom stereocenters. The van der Waals surface area contributed by atoms with Gasteiger partial charge >= 0.3 is 0 Å². The monoisotopic (exact) mass is 510 g/mol. The summed E-state index contributed by atoms with van der Waals surface area (Å²) in [6.07, 6.45) is 2.25. The van der Waals surface area contributed by atoms with E-state index in [9.17, 15) is 14.4 Å². The molecule has 0 radical (unpaired) electrons. The van der Waals surface area contributed by atoms with Crippen LogP contribution < -0.4 is 10.2 Å². The molecule has 0 saturated carbocycles. The van der Waals surface area contributed by atoms with Gasteiger partial charge in [0.25, 0.3) is 5.91 Å². The van der Waals surface area contributed by atoms with Crippen molar-refractivity contribution < 1.29 is 14.4 Å². The van der Waals surface area contributed by atoms with E-state index in [4.69, 9.17) is 0 Å². The average Bonchev–Trinajstić information content (AvgIpc) is 3.23. The molecule has 2 heterocycles. The van der Waals surface area contributed by atoms with Crippen molar-refractivity contribution in [2.45, 2.75) is 37.8 Å². The molecule has 1 N–H and O–H groups in total. The maximum Gasteiger partial charge on any atom is 0.250 e. The fraction of sp³-hybridized carbons (Fsp3) is 0.323. The van der Waals surface area contributed by atoms with E-state index in [1.807, 2.05) is 95.9 Å². The van der Waals surface area contributed by atoms with Crippen LogP contribution in [0.5, 0.6) is 0 Å². The first kappa shape index (κ1) is 25.5. The number of nitrogens with one attached hydrogen (secondary N) is 1. The van der Waals surface area contributed by atoms with Crippen molar-refractivity contribution in [1.82, 2.24) is 15.1 Å². The Bertz CT molecular complexity index is 1240. The van der Waals surface area contributed by atoms with Gasteiger partial charge in [0, 0.05) is 31.7 Å². The lowest BCUT2D eigenvalue weighted by Crippen LogP contribution is -2.57. The summed E-state index contributed by atoms with van der Waals surface area (Å²) >= 11 is 0. The van der Waals surface area contributed by atoms with Gasteiger partial charge in [0.15, 0.2) is 0 Å². The summed E-state index contributed by atoms with van der Waals surface area (Å²) in [5, 5.41) is 2.94. The summed E-state index contributed by atoms with van der Waals surface area (Å²) in [4.78, 5) is 45.3. The van der Waals surface area contributed by atoms with Crippen LogP contribution in [0.1, 0.15) is 30.4 Å². The minimum Gasteiger partial charge on any atom is -0.350 e. The van der Waals surface area contributed by atoms with Crippen molar-refractivity contribution >= 4 is 23.4 Å². The Kier molecular flexibility index (Phi) is 7.73. The Morgan fingerprint density at radius 1 is 0.789 bits per heavy atom. The lowest BCUT2D eigenvalue weighted by molar-refractivity contribution is -0.140. The van der Waals surface area contributed by atoms with Gasteiger partial charge in [0.05, 0.1) is 6.67 Å². The predicted molar refractivity (Wildman–Crippen MR) is 147 cm³/mol. The number of amides is 3. The first-order chi connectivity index (χ1) is 18.5. The average molecular weight is 511 g/mol. The van der Waals surface area contributed by atoms with Gasteiger partial charge in [-0.1, -0.05) is 78.9 Å². The van der Waals surface area contributed by atoms with Crippen LogP contribution in [0.3, 0.4) is 0 Å². The Morgan fingerprint density at radius 2 is 1.37 bits per heavy atom. The number of nitrogens with zero attached hydrogens (tertiary/aromatic N) is 3. The Morgan fingerprint density at radius 3 is 2.00 bits per heavy atom. The quantitative estimate of drug-likeness (QED) is 0.503. The van der Waals surface area contributed by atoms with E-state index in [-0.39, 0.29) is 24.3 Å². The van der Waals surface area contributed by atoms with Gasteiger partial charge in [-0.3, -0.25) is 14.4 Å². The van der Waals surface area contributed by atoms with Crippen LogP contribution in [0.4, 0.5) is 5.69 Å². The number of para-hydroxylation sites is 1. The number of carbonyl (C=O) groups excluding carboxylic acids is 3. The predicted octanol–water partition coefficient (Wildman–Crippen LogP) is 3.60. The van der Waals surface area contributed by atoms with Gasteiger partial charge in [-0.05, 0) is 42.5 Å². The van der Waals surface area contributed by atoms with Crippen LogP contribution in [-0.4, -0.2) is 59.4 Å². The fourth-order valence-corrected chi connectivity index (χ4v) is 5.53. The molecule has 3 aromatic carbocycles. The molecule has 0 bridgehead atoms. The topological polar surface area (TPSA) is 73.0 Å². The molecule has 3 aromatic rings. The van der Waals surface area contributed by atoms with Gasteiger partial charge < -0.3 is 20.0 Å². The standard InChI is InChI=1S/C31H34N4O3/c36-28(32-22-26-12-6-2-7-13-26)23-34-24-35(27-14-8-3-9-15-27)31(30(34)38)18-20-33(21-19-31)29(37)17-16-25-10-4-1-5-11-25/h1-15H,16-24H2,(H,32,36). The number of hydrogen-bond acceptors (Lipinski definition) is 4. The number of anilines is 1. The molecule has 2 aliphatic rings. The number of aryl methyl sites for hydroxylation is 1. The fourth-order valence-electron chi connectivity index (χ4n) is 5.53. The molecule has 2 saturated heterocycles. The van der Waals surface area contributed by atoms with Gasteiger partial charge in [0.1, 0.15) is 12.1 Å². The largest absolute Gasteiger partial charge is 0.350 e. The van der Waals surface area contributed by atoms with Crippen LogP contribution in [0, 0.1) is 0 Å².